The van der Waals surface area contributed by atoms with Crippen LogP contribution in [-0.2, 0) is 0 Å². The number of pyridine rings is 1. The van der Waals surface area contributed by atoms with E-state index in [4.69, 9.17) is 0 Å². The number of piperazine rings is 1. The predicted molar refractivity (Wildman–Crippen MR) is 169 cm³/mol. The number of amides is 2. The minimum absolute atomic E-state index is 0.209. The van der Waals surface area contributed by atoms with E-state index in [1.807, 2.05) is 25.1 Å². The molecule has 1 fully saturated rings. The lowest BCUT2D eigenvalue weighted by molar-refractivity contribution is 0.0956. The first-order chi connectivity index (χ1) is 21.9. The molecule has 1 aliphatic heterocycles. The summed E-state index contributed by atoms with van der Waals surface area (Å²) in [6, 6.07) is 14.2. The Bertz CT molecular complexity index is 1790. The van der Waals surface area contributed by atoms with Crippen LogP contribution in [0.5, 0.6) is 0 Å². The average Bonchev–Trinajstić information content (AvgIpc) is 3.75. The van der Waals surface area contributed by atoms with Gasteiger partial charge in [-0.2, -0.15) is 14.9 Å². The van der Waals surface area contributed by atoms with Crippen molar-refractivity contribution in [2.24, 2.45) is 0 Å². The number of hydrogen-bond acceptors (Lipinski definition) is 11. The number of rotatable bonds is 9. The summed E-state index contributed by atoms with van der Waals surface area (Å²) in [6.45, 7) is 5.54. The Morgan fingerprint density at radius 3 is 2.49 bits per heavy atom. The van der Waals surface area contributed by atoms with E-state index < -0.39 is 0 Å². The summed E-state index contributed by atoms with van der Waals surface area (Å²) in [6.07, 6.45) is 6.40. The summed E-state index contributed by atoms with van der Waals surface area (Å²) in [4.78, 5) is 41.0. The number of anilines is 4. The summed E-state index contributed by atoms with van der Waals surface area (Å²) in [7, 11) is 3.65. The zero-order valence-corrected chi connectivity index (χ0v) is 25.1. The van der Waals surface area contributed by atoms with Gasteiger partial charge >= 0.3 is 0 Å². The number of hydrogen-bond donors (Lipinski definition) is 4. The van der Waals surface area contributed by atoms with Crippen molar-refractivity contribution in [3.05, 3.63) is 90.3 Å². The average molecular weight is 608 g/mol. The molecule has 1 aromatic carbocycles. The van der Waals surface area contributed by atoms with Gasteiger partial charge in [0.15, 0.2) is 17.3 Å². The van der Waals surface area contributed by atoms with E-state index in [9.17, 15) is 9.59 Å². The Morgan fingerprint density at radius 1 is 0.911 bits per heavy atom. The van der Waals surface area contributed by atoms with E-state index in [1.54, 1.807) is 59.1 Å². The third kappa shape index (κ3) is 6.79. The van der Waals surface area contributed by atoms with Crippen LogP contribution in [0.4, 0.5) is 23.0 Å². The highest BCUT2D eigenvalue weighted by atomic mass is 16.2. The lowest BCUT2D eigenvalue weighted by atomic mass is 10.1. The molecule has 0 spiro atoms. The number of aromatic nitrogens is 7. The van der Waals surface area contributed by atoms with Crippen LogP contribution in [0.2, 0.25) is 0 Å². The molecule has 0 saturated carbocycles. The van der Waals surface area contributed by atoms with Gasteiger partial charge in [0.1, 0.15) is 18.0 Å². The van der Waals surface area contributed by atoms with Crippen LogP contribution in [-0.4, -0.2) is 96.5 Å². The topological polar surface area (TPSA) is 163 Å². The van der Waals surface area contributed by atoms with Crippen LogP contribution < -0.4 is 21.4 Å². The van der Waals surface area contributed by atoms with Crippen molar-refractivity contribution in [3.8, 4) is 11.6 Å². The fourth-order valence-corrected chi connectivity index (χ4v) is 4.72. The molecule has 4 aromatic heterocycles. The maximum atomic E-state index is 13.0. The van der Waals surface area contributed by atoms with Crippen LogP contribution in [0.1, 0.15) is 26.4 Å². The van der Waals surface area contributed by atoms with Gasteiger partial charge in [-0.25, -0.2) is 24.6 Å². The molecule has 5 heterocycles. The third-order valence-electron chi connectivity index (χ3n) is 7.32. The minimum atomic E-state index is -0.341. The molecule has 0 radical (unpaired) electrons. The Kier molecular flexibility index (Phi) is 8.43. The molecule has 15 heteroatoms. The molecular weight excluding hydrogens is 574 g/mol. The maximum absolute atomic E-state index is 13.0. The maximum Gasteiger partial charge on any atom is 0.271 e. The molecule has 15 nitrogen and oxygen atoms in total. The summed E-state index contributed by atoms with van der Waals surface area (Å²) in [5.74, 6) is 1.54. The van der Waals surface area contributed by atoms with E-state index >= 15 is 0 Å². The number of carbonyl (C=O) groups excluding carboxylic acids is 2. The van der Waals surface area contributed by atoms with Crippen molar-refractivity contribution in [1.29, 1.82) is 0 Å². The van der Waals surface area contributed by atoms with Crippen molar-refractivity contribution in [2.45, 2.75) is 6.92 Å². The third-order valence-corrected chi connectivity index (χ3v) is 7.32. The van der Waals surface area contributed by atoms with Crippen molar-refractivity contribution < 1.29 is 9.59 Å². The second kappa shape index (κ2) is 12.9. The lowest BCUT2D eigenvalue weighted by Crippen LogP contribution is -2.47. The monoisotopic (exact) mass is 607 g/mol. The number of nitrogens with zero attached hydrogens (tertiary/aromatic N) is 9. The van der Waals surface area contributed by atoms with Crippen molar-refractivity contribution in [2.75, 3.05) is 56.3 Å². The minimum Gasteiger partial charge on any atom is -0.354 e. The number of benzene rings is 1. The molecule has 2 amide bonds. The second-order valence-electron chi connectivity index (χ2n) is 10.5. The lowest BCUT2D eigenvalue weighted by Gasteiger charge is -2.32. The fraction of sp³-hybridized carbons (Fsp3) is 0.233. The molecule has 6 rings (SSSR count). The molecule has 1 aliphatic rings. The van der Waals surface area contributed by atoms with Gasteiger partial charge in [-0.3, -0.25) is 9.59 Å². The fourth-order valence-electron chi connectivity index (χ4n) is 4.72. The molecule has 0 atom stereocenters. The molecular formula is C30H33N13O2. The van der Waals surface area contributed by atoms with Crippen molar-refractivity contribution in [3.63, 3.8) is 0 Å². The van der Waals surface area contributed by atoms with Crippen LogP contribution >= 0.6 is 0 Å². The van der Waals surface area contributed by atoms with Crippen LogP contribution in [0.25, 0.3) is 11.6 Å². The first-order valence-corrected chi connectivity index (χ1v) is 14.4. The highest BCUT2D eigenvalue weighted by Gasteiger charge is 2.19. The van der Waals surface area contributed by atoms with Gasteiger partial charge in [0.25, 0.3) is 11.8 Å². The zero-order valence-electron chi connectivity index (χ0n) is 25.1. The summed E-state index contributed by atoms with van der Waals surface area (Å²) in [5, 5.41) is 19.7. The first-order valence-electron chi connectivity index (χ1n) is 14.4. The molecule has 0 aliphatic carbocycles. The SMILES string of the molecule is CNC(=O)c1cc(Nc2cc(NC(=O)c3ccc(-n4cccn4)nc3)ccc2C)n(-c2cc(NN3CCN(C)CC3)ncn2)n1. The highest BCUT2D eigenvalue weighted by molar-refractivity contribution is 6.04. The van der Waals surface area contributed by atoms with E-state index in [1.165, 1.54) is 12.5 Å². The van der Waals surface area contributed by atoms with Gasteiger partial charge in [-0.05, 0) is 49.9 Å². The summed E-state index contributed by atoms with van der Waals surface area (Å²) >= 11 is 0. The van der Waals surface area contributed by atoms with Gasteiger partial charge in [0, 0.05) is 75.3 Å². The van der Waals surface area contributed by atoms with Crippen LogP contribution in [0.3, 0.4) is 0 Å². The van der Waals surface area contributed by atoms with E-state index in [0.29, 0.717) is 40.2 Å². The second-order valence-corrected chi connectivity index (χ2v) is 10.5. The Hall–Kier alpha value is -5.67. The first kappa shape index (κ1) is 29.4. The molecule has 5 aromatic rings. The predicted octanol–water partition coefficient (Wildman–Crippen LogP) is 2.48. The van der Waals surface area contributed by atoms with E-state index in [2.05, 4.69) is 63.5 Å². The number of likely N-dealkylation sites (N-methyl/N-ethyl adjacent to an activating group) is 1. The number of aryl methyl sites for hydroxylation is 1. The van der Waals surface area contributed by atoms with Crippen molar-refractivity contribution in [1.82, 2.24) is 49.7 Å². The molecule has 0 unspecified atom stereocenters. The summed E-state index contributed by atoms with van der Waals surface area (Å²) < 4.78 is 3.17. The number of hydrazine groups is 1. The van der Waals surface area contributed by atoms with Gasteiger partial charge < -0.3 is 26.3 Å². The molecule has 230 valence electrons. The number of carbonyl (C=O) groups is 2. The summed E-state index contributed by atoms with van der Waals surface area (Å²) in [5.41, 5.74) is 6.14. The molecule has 1 saturated heterocycles. The number of nitrogens with one attached hydrogen (secondary N) is 4. The van der Waals surface area contributed by atoms with Gasteiger partial charge in [0.2, 0.25) is 0 Å². The normalized spacial score (nSPS) is 13.8. The van der Waals surface area contributed by atoms with Gasteiger partial charge in [-0.1, -0.05) is 6.07 Å². The van der Waals surface area contributed by atoms with Gasteiger partial charge in [-0.15, -0.1) is 0 Å². The molecule has 0 bridgehead atoms. The molecule has 4 N–H and O–H groups in total. The zero-order chi connectivity index (χ0) is 31.3. The molecule has 45 heavy (non-hydrogen) atoms. The Balaban J connectivity index is 1.23. The Labute approximate surface area is 259 Å². The quantitative estimate of drug-likeness (QED) is 0.195. The van der Waals surface area contributed by atoms with E-state index in [-0.39, 0.29) is 17.5 Å². The smallest absolute Gasteiger partial charge is 0.271 e. The highest BCUT2D eigenvalue weighted by Crippen LogP contribution is 2.27. The Morgan fingerprint density at radius 2 is 1.76 bits per heavy atom. The van der Waals surface area contributed by atoms with Crippen LogP contribution in [0.15, 0.2) is 73.4 Å². The standard InChI is InChI=1S/C30H33N13O2/c1-20-5-7-22(36-29(44)21-6-8-26(32-18-21)42-10-4-9-35-42)15-23(20)37-28-16-24(30(45)31-2)38-43(28)27-17-25(33-19-34-27)39-41-13-11-40(3)12-14-41/h4-10,15-19,37H,11-14H2,1-3H3,(H,31,45)(H,36,44)(H,33,34,39). The van der Waals surface area contributed by atoms with Crippen molar-refractivity contribution >= 4 is 34.8 Å². The van der Waals surface area contributed by atoms with Crippen LogP contribution in [0, 0.1) is 6.92 Å². The largest absolute Gasteiger partial charge is 0.354 e. The van der Waals surface area contributed by atoms with Gasteiger partial charge in [0.05, 0.1) is 5.56 Å². The van der Waals surface area contributed by atoms with E-state index in [0.717, 1.165) is 31.7 Å².